The summed E-state index contributed by atoms with van der Waals surface area (Å²) in [5.41, 5.74) is 2.05. The first-order valence-electron chi connectivity index (χ1n) is 9.24. The minimum atomic E-state index is -0.0581. The quantitative estimate of drug-likeness (QED) is 0.354. The normalized spacial score (nSPS) is 11.0. The van der Waals surface area contributed by atoms with Crippen molar-refractivity contribution in [3.8, 4) is 11.4 Å². The molecule has 2 aromatic heterocycles. The van der Waals surface area contributed by atoms with E-state index in [0.29, 0.717) is 29.2 Å². The van der Waals surface area contributed by atoms with Crippen LogP contribution in [0.15, 0.2) is 53.5 Å². The molecule has 2 heterocycles. The smallest absolute Gasteiger partial charge is 0.230 e. The van der Waals surface area contributed by atoms with E-state index in [-0.39, 0.29) is 11.7 Å². The van der Waals surface area contributed by atoms with Crippen molar-refractivity contribution in [1.29, 1.82) is 0 Å². The van der Waals surface area contributed by atoms with Gasteiger partial charge in [0.2, 0.25) is 5.91 Å². The van der Waals surface area contributed by atoms with Gasteiger partial charge in [0.25, 0.3) is 0 Å². The number of thioether (sulfide) groups is 1. The highest BCUT2D eigenvalue weighted by atomic mass is 35.5. The first-order valence-corrected chi connectivity index (χ1v) is 11.5. The minimum Gasteiger partial charge on any atom is -0.351 e. The molecule has 0 aliphatic heterocycles. The largest absolute Gasteiger partial charge is 0.351 e. The summed E-state index contributed by atoms with van der Waals surface area (Å²) in [5, 5.41) is 15.1. The fraction of sp³-hybridized carbons (Fsp3) is 0.286. The van der Waals surface area contributed by atoms with Crippen molar-refractivity contribution in [2.75, 3.05) is 5.75 Å². The maximum atomic E-state index is 12.2. The van der Waals surface area contributed by atoms with Gasteiger partial charge in [-0.25, -0.2) is 0 Å². The fourth-order valence-corrected chi connectivity index (χ4v) is 4.47. The Bertz CT molecular complexity index is 979. The Morgan fingerprint density at radius 3 is 2.76 bits per heavy atom. The average molecular weight is 447 g/mol. The monoisotopic (exact) mass is 446 g/mol. The SMILES string of the molecule is C=CCn1c(SCC(=O)NCc2ccc(Cl)cc2)nnc1-c1csc(C(C)C)c1. The summed E-state index contributed by atoms with van der Waals surface area (Å²) >= 11 is 8.98. The van der Waals surface area contributed by atoms with Crippen LogP contribution in [0.5, 0.6) is 0 Å². The highest BCUT2D eigenvalue weighted by molar-refractivity contribution is 7.99. The van der Waals surface area contributed by atoms with Crippen molar-refractivity contribution in [2.45, 2.75) is 38.0 Å². The third-order valence-corrected chi connectivity index (χ3v) is 6.66. The second-order valence-electron chi connectivity index (χ2n) is 6.79. The number of thiophene rings is 1. The lowest BCUT2D eigenvalue weighted by Crippen LogP contribution is -2.24. The molecule has 1 aromatic carbocycles. The zero-order valence-electron chi connectivity index (χ0n) is 16.4. The summed E-state index contributed by atoms with van der Waals surface area (Å²) in [7, 11) is 0. The van der Waals surface area contributed by atoms with Crippen molar-refractivity contribution >= 4 is 40.6 Å². The van der Waals surface area contributed by atoms with E-state index in [1.807, 2.05) is 34.9 Å². The molecule has 0 unspecified atom stereocenters. The van der Waals surface area contributed by atoms with Gasteiger partial charge >= 0.3 is 0 Å². The van der Waals surface area contributed by atoms with Crippen molar-refractivity contribution in [3.63, 3.8) is 0 Å². The molecular formula is C21H23ClN4OS2. The van der Waals surface area contributed by atoms with Gasteiger partial charge < -0.3 is 5.32 Å². The van der Waals surface area contributed by atoms with Gasteiger partial charge in [0.1, 0.15) is 0 Å². The average Bonchev–Trinajstić information content (AvgIpc) is 3.33. The van der Waals surface area contributed by atoms with Gasteiger partial charge in [0.15, 0.2) is 11.0 Å². The van der Waals surface area contributed by atoms with E-state index in [4.69, 9.17) is 11.6 Å². The van der Waals surface area contributed by atoms with Gasteiger partial charge in [-0.3, -0.25) is 9.36 Å². The first kappa shape index (κ1) is 21.6. The van der Waals surface area contributed by atoms with Crippen LogP contribution in [-0.2, 0) is 17.9 Å². The summed E-state index contributed by atoms with van der Waals surface area (Å²) in [5.74, 6) is 1.49. The Hall–Kier alpha value is -2.09. The van der Waals surface area contributed by atoms with E-state index in [1.165, 1.54) is 16.6 Å². The van der Waals surface area contributed by atoms with Gasteiger partial charge in [-0.1, -0.05) is 55.4 Å². The highest BCUT2D eigenvalue weighted by Crippen LogP contribution is 2.31. The van der Waals surface area contributed by atoms with E-state index in [9.17, 15) is 4.79 Å². The summed E-state index contributed by atoms with van der Waals surface area (Å²) < 4.78 is 2.00. The molecule has 0 saturated carbocycles. The van der Waals surface area contributed by atoms with Crippen molar-refractivity contribution < 1.29 is 4.79 Å². The minimum absolute atomic E-state index is 0.0581. The molecule has 5 nitrogen and oxygen atoms in total. The summed E-state index contributed by atoms with van der Waals surface area (Å²) in [6.07, 6.45) is 1.81. The molecule has 3 rings (SSSR count). The number of carbonyl (C=O) groups excluding carboxylic acids is 1. The molecule has 29 heavy (non-hydrogen) atoms. The fourth-order valence-electron chi connectivity index (χ4n) is 2.66. The Morgan fingerprint density at radius 1 is 1.34 bits per heavy atom. The van der Waals surface area contributed by atoms with Gasteiger partial charge in [-0.05, 0) is 29.7 Å². The number of allylic oxidation sites excluding steroid dienone is 1. The van der Waals surface area contributed by atoms with E-state index in [2.05, 4.69) is 47.4 Å². The molecule has 0 aliphatic rings. The molecule has 8 heteroatoms. The van der Waals surface area contributed by atoms with Crippen molar-refractivity contribution in [1.82, 2.24) is 20.1 Å². The van der Waals surface area contributed by atoms with Crippen molar-refractivity contribution in [2.24, 2.45) is 0 Å². The maximum absolute atomic E-state index is 12.2. The number of amides is 1. The lowest BCUT2D eigenvalue weighted by atomic mass is 10.1. The second-order valence-corrected chi connectivity index (χ2v) is 9.11. The van der Waals surface area contributed by atoms with Crippen molar-refractivity contribution in [3.05, 3.63) is 63.8 Å². The summed E-state index contributed by atoms with van der Waals surface area (Å²) in [6, 6.07) is 9.58. The molecule has 0 aliphatic carbocycles. The number of hydrogen-bond acceptors (Lipinski definition) is 5. The van der Waals surface area contributed by atoms with Crippen LogP contribution in [0.4, 0.5) is 0 Å². The topological polar surface area (TPSA) is 59.8 Å². The van der Waals surface area contributed by atoms with E-state index >= 15 is 0 Å². The zero-order chi connectivity index (χ0) is 20.8. The Balaban J connectivity index is 1.64. The molecule has 152 valence electrons. The molecule has 1 N–H and O–H groups in total. The molecule has 0 spiro atoms. The lowest BCUT2D eigenvalue weighted by molar-refractivity contribution is -0.118. The van der Waals surface area contributed by atoms with E-state index in [0.717, 1.165) is 17.0 Å². The molecule has 0 fully saturated rings. The van der Waals surface area contributed by atoms with Gasteiger partial charge in [0, 0.05) is 33.9 Å². The molecule has 0 bridgehead atoms. The number of carbonyl (C=O) groups is 1. The number of nitrogens with zero attached hydrogens (tertiary/aromatic N) is 3. The Labute approximate surface area is 184 Å². The second kappa shape index (κ2) is 10.1. The zero-order valence-corrected chi connectivity index (χ0v) is 18.8. The predicted octanol–water partition coefficient (Wildman–Crippen LogP) is 5.38. The van der Waals surface area contributed by atoms with Crippen LogP contribution in [0.2, 0.25) is 5.02 Å². The van der Waals surface area contributed by atoms with Gasteiger partial charge in [0.05, 0.1) is 5.75 Å². The Kier molecular flexibility index (Phi) is 7.52. The van der Waals surface area contributed by atoms with Crippen LogP contribution in [0.25, 0.3) is 11.4 Å². The maximum Gasteiger partial charge on any atom is 0.230 e. The van der Waals surface area contributed by atoms with Crippen LogP contribution < -0.4 is 5.32 Å². The van der Waals surface area contributed by atoms with E-state index < -0.39 is 0 Å². The van der Waals surface area contributed by atoms with Crippen LogP contribution in [0.1, 0.15) is 30.2 Å². The van der Waals surface area contributed by atoms with E-state index in [1.54, 1.807) is 11.3 Å². The van der Waals surface area contributed by atoms with Crippen LogP contribution in [0, 0.1) is 0 Å². The number of nitrogens with one attached hydrogen (secondary N) is 1. The number of aromatic nitrogens is 3. The third kappa shape index (κ3) is 5.72. The first-order chi connectivity index (χ1) is 14.0. The van der Waals surface area contributed by atoms with Crippen LogP contribution >= 0.6 is 34.7 Å². The standard InChI is InChI=1S/C21H23ClN4OS2/c1-4-9-26-20(16-10-18(14(2)3)28-12-16)24-25-21(26)29-13-19(27)23-11-15-5-7-17(22)8-6-15/h4-8,10,12,14H,1,9,11,13H2,2-3H3,(H,23,27). The molecule has 0 radical (unpaired) electrons. The molecule has 1 amide bonds. The third-order valence-electron chi connectivity index (χ3n) is 4.21. The molecule has 0 saturated heterocycles. The number of hydrogen-bond donors (Lipinski definition) is 1. The predicted molar refractivity (Wildman–Crippen MR) is 122 cm³/mol. The highest BCUT2D eigenvalue weighted by Gasteiger charge is 2.16. The summed E-state index contributed by atoms with van der Waals surface area (Å²) in [4.78, 5) is 13.6. The number of benzene rings is 1. The van der Waals surface area contributed by atoms with Crippen LogP contribution in [-0.4, -0.2) is 26.4 Å². The Morgan fingerprint density at radius 2 is 2.10 bits per heavy atom. The van der Waals surface area contributed by atoms with Gasteiger partial charge in [-0.15, -0.1) is 28.1 Å². The number of halogens is 1. The molecular weight excluding hydrogens is 424 g/mol. The summed E-state index contributed by atoms with van der Waals surface area (Å²) in [6.45, 7) is 9.24. The number of rotatable bonds is 9. The van der Waals surface area contributed by atoms with Gasteiger partial charge in [-0.2, -0.15) is 0 Å². The molecule has 3 aromatic rings. The molecule has 0 atom stereocenters. The van der Waals surface area contributed by atoms with Crippen LogP contribution in [0.3, 0.4) is 0 Å². The lowest BCUT2D eigenvalue weighted by Gasteiger charge is -2.08.